The van der Waals surface area contributed by atoms with Crippen LogP contribution < -0.4 is 5.32 Å². The summed E-state index contributed by atoms with van der Waals surface area (Å²) in [5.41, 5.74) is 0. The van der Waals surface area contributed by atoms with Crippen LogP contribution in [0.1, 0.15) is 31.6 Å². The molecule has 2 fully saturated rings. The fourth-order valence-corrected chi connectivity index (χ4v) is 4.81. The Kier molecular flexibility index (Phi) is 4.69. The number of rotatable bonds is 3. The quantitative estimate of drug-likeness (QED) is 0.859. The average Bonchev–Trinajstić information content (AvgIpc) is 3.11. The van der Waals surface area contributed by atoms with Crippen LogP contribution in [0.4, 0.5) is 0 Å². The van der Waals surface area contributed by atoms with Crippen LogP contribution in [-0.4, -0.2) is 22.2 Å². The SMILES string of the molecule is Brc1csc(-c2noc(CC3CC4CCC(C3)N4)n2)c1.Cl. The van der Waals surface area contributed by atoms with Crippen molar-refractivity contribution in [3.8, 4) is 10.7 Å². The van der Waals surface area contributed by atoms with Gasteiger partial charge >= 0.3 is 0 Å². The van der Waals surface area contributed by atoms with Crippen molar-refractivity contribution in [2.45, 2.75) is 44.2 Å². The van der Waals surface area contributed by atoms with Crippen molar-refractivity contribution in [2.24, 2.45) is 5.92 Å². The van der Waals surface area contributed by atoms with Gasteiger partial charge in [0.05, 0.1) is 4.88 Å². The number of fused-ring (bicyclic) bond motifs is 2. The molecule has 2 bridgehead atoms. The number of hydrogen-bond donors (Lipinski definition) is 1. The molecule has 0 radical (unpaired) electrons. The van der Waals surface area contributed by atoms with Crippen molar-refractivity contribution < 1.29 is 4.52 Å². The first-order valence-corrected chi connectivity index (χ1v) is 8.76. The standard InChI is InChI=1S/C14H16BrN3OS.ClH/c15-9-6-12(20-7-9)14-17-13(19-18-14)5-8-3-10-1-2-11(4-8)16-10;/h6-8,10-11,16H,1-5H2;1H. The zero-order chi connectivity index (χ0) is 13.5. The van der Waals surface area contributed by atoms with Gasteiger partial charge in [-0.3, -0.25) is 0 Å². The van der Waals surface area contributed by atoms with E-state index in [0.717, 1.165) is 33.7 Å². The molecule has 7 heteroatoms. The van der Waals surface area contributed by atoms with E-state index in [2.05, 4.69) is 31.4 Å². The largest absolute Gasteiger partial charge is 0.339 e. The van der Waals surface area contributed by atoms with Gasteiger partial charge in [-0.05, 0) is 53.6 Å². The van der Waals surface area contributed by atoms with Crippen LogP contribution >= 0.6 is 39.7 Å². The molecule has 4 nitrogen and oxygen atoms in total. The van der Waals surface area contributed by atoms with Gasteiger partial charge in [-0.1, -0.05) is 5.16 Å². The Bertz CT molecular complexity index is 605. The van der Waals surface area contributed by atoms with E-state index in [1.54, 1.807) is 11.3 Å². The molecule has 0 saturated carbocycles. The van der Waals surface area contributed by atoms with Gasteiger partial charge in [-0.15, -0.1) is 23.7 Å². The van der Waals surface area contributed by atoms with E-state index < -0.39 is 0 Å². The molecule has 0 amide bonds. The van der Waals surface area contributed by atoms with Crippen molar-refractivity contribution in [3.05, 3.63) is 21.8 Å². The first-order valence-electron chi connectivity index (χ1n) is 7.09. The molecule has 114 valence electrons. The van der Waals surface area contributed by atoms with Gasteiger partial charge < -0.3 is 9.84 Å². The maximum Gasteiger partial charge on any atom is 0.227 e. The molecule has 2 aliphatic heterocycles. The first-order chi connectivity index (χ1) is 9.76. The molecule has 2 unspecified atom stereocenters. The van der Waals surface area contributed by atoms with Crippen LogP contribution in [0.15, 0.2) is 20.4 Å². The highest BCUT2D eigenvalue weighted by atomic mass is 79.9. The number of halogens is 2. The Labute approximate surface area is 142 Å². The minimum Gasteiger partial charge on any atom is -0.339 e. The normalized spacial score (nSPS) is 27.6. The lowest BCUT2D eigenvalue weighted by molar-refractivity contribution is 0.270. The third-order valence-electron chi connectivity index (χ3n) is 4.29. The molecule has 2 atom stereocenters. The van der Waals surface area contributed by atoms with Crippen molar-refractivity contribution >= 4 is 39.7 Å². The molecule has 2 aromatic heterocycles. The molecule has 2 aromatic rings. The summed E-state index contributed by atoms with van der Waals surface area (Å²) >= 11 is 5.08. The van der Waals surface area contributed by atoms with Crippen LogP contribution in [0.25, 0.3) is 10.7 Å². The Morgan fingerprint density at radius 2 is 2.10 bits per heavy atom. The second-order valence-corrected chi connectivity index (χ2v) is 7.65. The molecular formula is C14H17BrClN3OS. The highest BCUT2D eigenvalue weighted by Crippen LogP contribution is 2.33. The van der Waals surface area contributed by atoms with Crippen LogP contribution in [0.2, 0.25) is 0 Å². The van der Waals surface area contributed by atoms with Crippen molar-refractivity contribution in [2.75, 3.05) is 0 Å². The van der Waals surface area contributed by atoms with Crippen molar-refractivity contribution in [1.29, 1.82) is 0 Å². The first kappa shape index (κ1) is 15.5. The molecule has 4 heterocycles. The average molecular weight is 391 g/mol. The summed E-state index contributed by atoms with van der Waals surface area (Å²) in [6.07, 6.45) is 6.09. The number of thiophene rings is 1. The van der Waals surface area contributed by atoms with Gasteiger partial charge in [-0.25, -0.2) is 0 Å². The molecule has 2 aliphatic rings. The van der Waals surface area contributed by atoms with E-state index >= 15 is 0 Å². The monoisotopic (exact) mass is 389 g/mol. The number of nitrogens with one attached hydrogen (secondary N) is 1. The molecule has 21 heavy (non-hydrogen) atoms. The summed E-state index contributed by atoms with van der Waals surface area (Å²) in [4.78, 5) is 5.60. The lowest BCUT2D eigenvalue weighted by atomic mass is 9.90. The number of hydrogen-bond acceptors (Lipinski definition) is 5. The van der Waals surface area contributed by atoms with Crippen LogP contribution in [0.3, 0.4) is 0 Å². The molecule has 0 aromatic carbocycles. The van der Waals surface area contributed by atoms with E-state index in [1.807, 2.05) is 11.4 Å². The molecule has 0 spiro atoms. The molecule has 2 saturated heterocycles. The Morgan fingerprint density at radius 1 is 1.33 bits per heavy atom. The predicted octanol–water partition coefficient (Wildman–Crippen LogP) is 4.06. The Morgan fingerprint density at radius 3 is 2.76 bits per heavy atom. The fourth-order valence-electron chi connectivity index (χ4n) is 3.46. The smallest absolute Gasteiger partial charge is 0.227 e. The van der Waals surface area contributed by atoms with Gasteiger partial charge in [0, 0.05) is 28.4 Å². The minimum atomic E-state index is 0. The lowest BCUT2D eigenvalue weighted by Crippen LogP contribution is -2.38. The summed E-state index contributed by atoms with van der Waals surface area (Å²) in [6.45, 7) is 0. The van der Waals surface area contributed by atoms with Crippen molar-refractivity contribution in [3.63, 3.8) is 0 Å². The van der Waals surface area contributed by atoms with Crippen LogP contribution in [-0.2, 0) is 6.42 Å². The molecule has 0 aliphatic carbocycles. The second-order valence-electron chi connectivity index (χ2n) is 5.82. The van der Waals surface area contributed by atoms with Crippen LogP contribution in [0.5, 0.6) is 0 Å². The van der Waals surface area contributed by atoms with E-state index in [9.17, 15) is 0 Å². The van der Waals surface area contributed by atoms with Gasteiger partial charge in [0.2, 0.25) is 11.7 Å². The third-order valence-corrected chi connectivity index (χ3v) is 5.98. The summed E-state index contributed by atoms with van der Waals surface area (Å²) in [5, 5.41) is 9.81. The maximum atomic E-state index is 5.43. The maximum absolute atomic E-state index is 5.43. The zero-order valence-corrected chi connectivity index (χ0v) is 14.6. The zero-order valence-electron chi connectivity index (χ0n) is 11.4. The highest BCUT2D eigenvalue weighted by molar-refractivity contribution is 9.10. The minimum absolute atomic E-state index is 0. The topological polar surface area (TPSA) is 51.0 Å². The molecule has 4 rings (SSSR count). The van der Waals surface area contributed by atoms with Gasteiger partial charge in [0.15, 0.2) is 0 Å². The summed E-state index contributed by atoms with van der Waals surface area (Å²) in [5.74, 6) is 2.19. The Hall–Kier alpha value is -0.430. The second kappa shape index (κ2) is 6.36. The summed E-state index contributed by atoms with van der Waals surface area (Å²) in [6, 6.07) is 3.47. The summed E-state index contributed by atoms with van der Waals surface area (Å²) < 4.78 is 6.50. The van der Waals surface area contributed by atoms with E-state index in [4.69, 9.17) is 4.52 Å². The predicted molar refractivity (Wildman–Crippen MR) is 88.9 cm³/mol. The van der Waals surface area contributed by atoms with E-state index in [-0.39, 0.29) is 12.4 Å². The molecular weight excluding hydrogens is 374 g/mol. The van der Waals surface area contributed by atoms with E-state index in [1.165, 1.54) is 25.7 Å². The highest BCUT2D eigenvalue weighted by Gasteiger charge is 2.34. The fraction of sp³-hybridized carbons (Fsp3) is 0.571. The van der Waals surface area contributed by atoms with Gasteiger partial charge in [0.25, 0.3) is 0 Å². The lowest BCUT2D eigenvalue weighted by Gasteiger charge is -2.27. The van der Waals surface area contributed by atoms with Gasteiger partial charge in [-0.2, -0.15) is 4.98 Å². The van der Waals surface area contributed by atoms with E-state index in [0.29, 0.717) is 11.7 Å². The number of piperidine rings is 1. The number of nitrogens with zero attached hydrogens (tertiary/aromatic N) is 2. The van der Waals surface area contributed by atoms with Crippen LogP contribution in [0, 0.1) is 5.92 Å². The van der Waals surface area contributed by atoms with Crippen molar-refractivity contribution in [1.82, 2.24) is 15.5 Å². The summed E-state index contributed by atoms with van der Waals surface area (Å²) in [7, 11) is 0. The van der Waals surface area contributed by atoms with Gasteiger partial charge in [0.1, 0.15) is 0 Å². The Balaban J connectivity index is 0.00000132. The molecule has 1 N–H and O–H groups in total. The third kappa shape index (κ3) is 3.33. The number of aromatic nitrogens is 2.